The summed E-state index contributed by atoms with van der Waals surface area (Å²) in [5.74, 6) is -0.464. The molecule has 1 N–H and O–H groups in total. The summed E-state index contributed by atoms with van der Waals surface area (Å²) >= 11 is 0. The molecule has 0 unspecified atom stereocenters. The van der Waals surface area contributed by atoms with Gasteiger partial charge in [-0.3, -0.25) is 4.79 Å². The summed E-state index contributed by atoms with van der Waals surface area (Å²) in [4.78, 5) is 10.7. The molecule has 0 rings (SSSR count). The zero-order valence-corrected chi connectivity index (χ0v) is 12.0. The number of carbonyl (C=O) groups is 1. The van der Waals surface area contributed by atoms with Crippen molar-refractivity contribution in [1.82, 2.24) is 0 Å². The highest BCUT2D eigenvalue weighted by Crippen LogP contribution is 2.12. The van der Waals surface area contributed by atoms with Crippen molar-refractivity contribution in [3.05, 3.63) is 0 Å². The number of hydrogen-bond donors (Lipinski definition) is 1. The van der Waals surface area contributed by atoms with E-state index in [0.717, 1.165) is 44.9 Å². The number of rotatable bonds is 14. The van der Waals surface area contributed by atoms with Crippen molar-refractivity contribution >= 4 is 5.97 Å². The van der Waals surface area contributed by atoms with E-state index in [1.165, 1.54) is 19.3 Å². The van der Waals surface area contributed by atoms with Gasteiger partial charge in [0.1, 0.15) is 0 Å². The molecule has 0 atom stereocenters. The van der Waals surface area contributed by atoms with E-state index in [1.807, 2.05) is 0 Å². The lowest BCUT2D eigenvalue weighted by molar-refractivity contribution is -0.137. The van der Waals surface area contributed by atoms with Crippen molar-refractivity contribution in [2.75, 3.05) is 0 Å². The van der Waals surface area contributed by atoms with E-state index in [0.29, 0.717) is 19.3 Å². The first-order valence-electron chi connectivity index (χ1n) is 9.08. The lowest BCUT2D eigenvalue weighted by atomic mass is 10.0. The second-order valence-electron chi connectivity index (χ2n) is 5.05. The summed E-state index contributed by atoms with van der Waals surface area (Å²) in [5.41, 5.74) is 0. The second-order valence-corrected chi connectivity index (χ2v) is 5.05. The van der Waals surface area contributed by atoms with Gasteiger partial charge in [-0.2, -0.15) is 0 Å². The Morgan fingerprint density at radius 2 is 1.39 bits per heavy atom. The number of carboxylic acids is 1. The van der Waals surface area contributed by atoms with Gasteiger partial charge in [-0.25, -0.2) is 0 Å². The molecule has 2 heteroatoms. The summed E-state index contributed by atoms with van der Waals surface area (Å²) in [6.07, 6.45) is 11.2. The Balaban J connectivity index is 3.41. The van der Waals surface area contributed by atoms with E-state index < -0.39 is 12.3 Å². The van der Waals surface area contributed by atoms with Crippen LogP contribution in [0.2, 0.25) is 0 Å². The second kappa shape index (κ2) is 14.5. The molecule has 0 saturated heterocycles. The zero-order valence-electron chi connectivity index (χ0n) is 15.0. The van der Waals surface area contributed by atoms with E-state index in [4.69, 9.17) is 4.17 Å². The molecular formula is C16H32O2. The molecule has 0 heterocycles. The molecule has 108 valence electrons. The predicted octanol–water partition coefficient (Wildman–Crippen LogP) is 5.55. The van der Waals surface area contributed by atoms with Crippen LogP contribution in [-0.4, -0.2) is 11.1 Å². The lowest BCUT2D eigenvalue weighted by Crippen LogP contribution is -1.93. The highest BCUT2D eigenvalue weighted by molar-refractivity contribution is 5.66. The van der Waals surface area contributed by atoms with Crippen LogP contribution in [0, 0.1) is 0 Å². The van der Waals surface area contributed by atoms with Crippen LogP contribution < -0.4 is 0 Å². The lowest BCUT2D eigenvalue weighted by Gasteiger charge is -2.02. The van der Waals surface area contributed by atoms with Crippen molar-refractivity contribution in [2.45, 2.75) is 96.8 Å². The summed E-state index contributed by atoms with van der Waals surface area (Å²) < 4.78 is 22.4. The molecule has 0 saturated carbocycles. The Hall–Kier alpha value is -0.530. The summed E-state index contributed by atoms with van der Waals surface area (Å²) in [6, 6.07) is 0. The Morgan fingerprint density at radius 1 is 0.889 bits per heavy atom. The third-order valence-corrected chi connectivity index (χ3v) is 3.19. The maximum atomic E-state index is 10.7. The van der Waals surface area contributed by atoms with Crippen molar-refractivity contribution < 1.29 is 12.6 Å². The Bertz CT molecular complexity index is 258. The molecule has 0 aromatic rings. The van der Waals surface area contributed by atoms with E-state index in [9.17, 15) is 4.79 Å². The quantitative estimate of drug-likeness (QED) is 0.415. The molecule has 0 aliphatic heterocycles. The SMILES string of the molecule is [2H]OC(=O)CCCCCCCC([2H])([2H])CCCCCCC. The minimum Gasteiger partial charge on any atom is -0.481 e. The van der Waals surface area contributed by atoms with Crippen molar-refractivity contribution in [1.29, 1.82) is 1.43 Å². The molecule has 0 amide bonds. The van der Waals surface area contributed by atoms with Crippen LogP contribution in [0.3, 0.4) is 0 Å². The van der Waals surface area contributed by atoms with E-state index in [1.54, 1.807) is 0 Å². The number of aliphatic carboxylic acids is 1. The van der Waals surface area contributed by atoms with Crippen molar-refractivity contribution in [3.63, 3.8) is 0 Å². The fraction of sp³-hybridized carbons (Fsp3) is 0.938. The van der Waals surface area contributed by atoms with Gasteiger partial charge in [-0.15, -0.1) is 0 Å². The van der Waals surface area contributed by atoms with Gasteiger partial charge in [0.2, 0.25) is 0 Å². The maximum absolute atomic E-state index is 10.7. The number of hydrogen-bond acceptors (Lipinski definition) is 2. The smallest absolute Gasteiger partial charge is 0.303 e. The summed E-state index contributed by atoms with van der Waals surface area (Å²) in [7, 11) is 0. The van der Waals surface area contributed by atoms with Crippen LogP contribution in [-0.2, 0) is 4.79 Å². The van der Waals surface area contributed by atoms with Gasteiger partial charge in [0.05, 0.1) is 0 Å². The largest absolute Gasteiger partial charge is 0.481 e. The molecule has 0 aliphatic rings. The molecule has 2 nitrogen and oxygen atoms in total. The molecule has 0 aliphatic carbocycles. The topological polar surface area (TPSA) is 37.3 Å². The summed E-state index contributed by atoms with van der Waals surface area (Å²) in [6.45, 7) is 2.19. The van der Waals surface area contributed by atoms with Crippen LogP contribution in [0.5, 0.6) is 0 Å². The minimum atomic E-state index is -1.01. The first kappa shape index (κ1) is 12.5. The molecule has 18 heavy (non-hydrogen) atoms. The molecule has 0 aromatic carbocycles. The van der Waals surface area contributed by atoms with Gasteiger partial charge in [0.25, 0.3) is 1.43 Å². The number of unbranched alkanes of at least 4 members (excludes halogenated alkanes) is 8. The van der Waals surface area contributed by atoms with E-state index in [-0.39, 0.29) is 0 Å². The monoisotopic (exact) mass is 259 g/mol. The zero-order chi connectivity index (χ0) is 16.0. The van der Waals surface area contributed by atoms with Gasteiger partial charge in [0.15, 0.2) is 0 Å². The van der Waals surface area contributed by atoms with E-state index >= 15 is 0 Å². The Kier molecular flexibility index (Phi) is 10.1. The molecule has 0 radical (unpaired) electrons. The first-order valence-corrected chi connectivity index (χ1v) is 7.68. The maximum Gasteiger partial charge on any atom is 0.303 e. The van der Waals surface area contributed by atoms with E-state index in [2.05, 4.69) is 12.0 Å². The fourth-order valence-electron chi connectivity index (χ4n) is 2.03. The standard InChI is InChI=1S/C16H32O2/c1-2-3-4-5-6-7-8-9-10-11-12-13-14-15-16(17)18/h2-15H2,1H3,(H,17,18)/i8D2/hD. The fourth-order valence-corrected chi connectivity index (χ4v) is 2.03. The number of carboxylic acid groups (broad SMARTS) is 1. The average Bonchev–Trinajstić information content (AvgIpc) is 2.45. The predicted molar refractivity (Wildman–Crippen MR) is 77.9 cm³/mol. The minimum absolute atomic E-state index is 0.322. The third-order valence-electron chi connectivity index (χ3n) is 3.19. The highest BCUT2D eigenvalue weighted by Gasteiger charge is 1.96. The molecule has 0 aromatic heterocycles. The van der Waals surface area contributed by atoms with Crippen molar-refractivity contribution in [3.8, 4) is 0 Å². The molecule has 0 bridgehead atoms. The first-order chi connectivity index (χ1) is 10.0. The van der Waals surface area contributed by atoms with Gasteiger partial charge in [0, 0.05) is 9.16 Å². The van der Waals surface area contributed by atoms with Crippen molar-refractivity contribution in [2.24, 2.45) is 0 Å². The Labute approximate surface area is 117 Å². The molecule has 0 fully saturated rings. The average molecular weight is 259 g/mol. The van der Waals surface area contributed by atoms with Crippen LogP contribution in [0.15, 0.2) is 0 Å². The van der Waals surface area contributed by atoms with Crippen LogP contribution in [0.1, 0.15) is 99.5 Å². The van der Waals surface area contributed by atoms with Crippen LogP contribution in [0.25, 0.3) is 1.43 Å². The molecular weight excluding hydrogens is 224 g/mol. The molecule has 0 spiro atoms. The summed E-state index contributed by atoms with van der Waals surface area (Å²) in [5, 5.41) is 3.85. The normalized spacial score (nSPS) is 13.7. The highest BCUT2D eigenvalue weighted by atomic mass is 16.4. The van der Waals surface area contributed by atoms with Crippen LogP contribution >= 0.6 is 0 Å². The Morgan fingerprint density at radius 3 is 1.94 bits per heavy atom. The van der Waals surface area contributed by atoms with Gasteiger partial charge in [-0.05, 0) is 6.42 Å². The third kappa shape index (κ3) is 15.5. The van der Waals surface area contributed by atoms with Gasteiger partial charge < -0.3 is 5.11 Å². The van der Waals surface area contributed by atoms with Crippen LogP contribution in [0.4, 0.5) is 0 Å². The van der Waals surface area contributed by atoms with Gasteiger partial charge in [-0.1, -0.05) is 83.9 Å². The van der Waals surface area contributed by atoms with Gasteiger partial charge >= 0.3 is 5.97 Å².